The van der Waals surface area contributed by atoms with E-state index in [-0.39, 0.29) is 11.9 Å². The van der Waals surface area contributed by atoms with Crippen LogP contribution in [0.5, 0.6) is 0 Å². The molecular weight excluding hydrogens is 242 g/mol. The van der Waals surface area contributed by atoms with Gasteiger partial charge in [0.25, 0.3) is 0 Å². The van der Waals surface area contributed by atoms with Gasteiger partial charge in [-0.1, -0.05) is 0 Å². The average molecular weight is 269 g/mol. The average Bonchev–Trinajstić information content (AvgIpc) is 2.42. The molecule has 1 aliphatic heterocycles. The molecule has 1 aliphatic rings. The topological polar surface area (TPSA) is 89.6 Å². The smallest absolute Gasteiger partial charge is 0.338 e. The van der Waals surface area contributed by atoms with Gasteiger partial charge in [-0.05, 0) is 19.3 Å². The van der Waals surface area contributed by atoms with Crippen molar-refractivity contribution in [1.29, 1.82) is 0 Å². The first-order chi connectivity index (χ1) is 9.13. The van der Waals surface area contributed by atoms with Crippen molar-refractivity contribution >= 4 is 11.9 Å². The first-order valence-corrected chi connectivity index (χ1v) is 7.04. The van der Waals surface area contributed by atoms with E-state index in [0.29, 0.717) is 6.42 Å². The normalized spacial score (nSPS) is 16.4. The number of hydrogen-bond acceptors (Lipinski definition) is 2. The van der Waals surface area contributed by atoms with Crippen LogP contribution in [0.25, 0.3) is 0 Å². The van der Waals surface area contributed by atoms with Crippen LogP contribution < -0.4 is 16.5 Å². The zero-order valence-corrected chi connectivity index (χ0v) is 11.7. The van der Waals surface area contributed by atoms with Gasteiger partial charge in [-0.15, -0.1) is 6.54 Å². The first-order valence-electron chi connectivity index (χ1n) is 7.04. The quantitative estimate of drug-likeness (QED) is 0.213. The highest BCUT2D eigenvalue weighted by molar-refractivity contribution is 5.76. The Morgan fingerprint density at radius 3 is 2.37 bits per heavy atom. The Labute approximate surface area is 115 Å². The fraction of sp³-hybridized carbons (Fsp3) is 0.769. The highest BCUT2D eigenvalue weighted by Crippen LogP contribution is 2.06. The molecule has 6 nitrogen and oxygen atoms in total. The Bertz CT molecular complexity index is 293. The summed E-state index contributed by atoms with van der Waals surface area (Å²) in [6.45, 7) is 9.05. The molecule has 110 valence electrons. The van der Waals surface area contributed by atoms with Crippen molar-refractivity contribution in [2.75, 3.05) is 39.3 Å². The number of nitrogens with zero attached hydrogens (tertiary/aromatic N) is 2. The second-order valence-electron chi connectivity index (χ2n) is 4.92. The largest absolute Gasteiger partial charge is 0.340 e. The van der Waals surface area contributed by atoms with Gasteiger partial charge in [0.1, 0.15) is 0 Å². The van der Waals surface area contributed by atoms with Crippen LogP contribution in [0.1, 0.15) is 25.7 Å². The summed E-state index contributed by atoms with van der Waals surface area (Å²) >= 11 is 0. The Morgan fingerprint density at radius 1 is 1.11 bits per heavy atom. The van der Waals surface area contributed by atoms with Crippen molar-refractivity contribution < 1.29 is 9.79 Å². The Hall–Kier alpha value is -1.30. The van der Waals surface area contributed by atoms with Gasteiger partial charge in [0, 0.05) is 32.6 Å². The second kappa shape index (κ2) is 8.74. The molecule has 1 amide bonds. The summed E-state index contributed by atoms with van der Waals surface area (Å²) in [5.41, 5.74) is 10.6. The number of piperazine rings is 1. The second-order valence-corrected chi connectivity index (χ2v) is 4.92. The fourth-order valence-electron chi connectivity index (χ4n) is 2.19. The third kappa shape index (κ3) is 6.42. The molecule has 0 atom stereocenters. The third-order valence-corrected chi connectivity index (χ3v) is 3.44. The van der Waals surface area contributed by atoms with E-state index in [0.717, 1.165) is 58.5 Å². The summed E-state index contributed by atoms with van der Waals surface area (Å²) < 4.78 is 0. The number of rotatable bonds is 7. The minimum absolute atomic E-state index is 0.263. The van der Waals surface area contributed by atoms with E-state index in [2.05, 4.69) is 16.8 Å². The van der Waals surface area contributed by atoms with Crippen molar-refractivity contribution in [3.8, 4) is 0 Å². The molecule has 0 bridgehead atoms. The summed E-state index contributed by atoms with van der Waals surface area (Å²) in [4.78, 5) is 19.1. The molecule has 0 spiro atoms. The minimum Gasteiger partial charge on any atom is -0.340 e. The summed E-state index contributed by atoms with van der Waals surface area (Å²) in [5, 5.41) is 0. The van der Waals surface area contributed by atoms with E-state index in [4.69, 9.17) is 11.5 Å². The standard InChI is InChI=1S/C13H26N5O/c1-2-17-8-10-18(11-9-17)12(19)6-4-3-5-7-16-13(14)15/h1-11H2,(H4,14,15,16)/q-1/p+1. The molecule has 0 aromatic carbocycles. The molecule has 5 N–H and O–H groups in total. The number of nitrogens with one attached hydrogen (secondary N) is 1. The van der Waals surface area contributed by atoms with E-state index >= 15 is 0 Å². The number of amides is 1. The molecule has 19 heavy (non-hydrogen) atoms. The molecule has 0 aliphatic carbocycles. The molecule has 0 unspecified atom stereocenters. The van der Waals surface area contributed by atoms with Crippen molar-refractivity contribution in [2.45, 2.75) is 25.7 Å². The van der Waals surface area contributed by atoms with Gasteiger partial charge in [0.15, 0.2) is 0 Å². The van der Waals surface area contributed by atoms with Crippen LogP contribution in [0.4, 0.5) is 0 Å². The molecular formula is C13H27N5O. The van der Waals surface area contributed by atoms with Gasteiger partial charge >= 0.3 is 5.96 Å². The molecule has 0 aromatic rings. The molecule has 0 saturated carbocycles. The molecule has 1 rings (SSSR count). The van der Waals surface area contributed by atoms with Crippen LogP contribution in [0.2, 0.25) is 0 Å². The van der Waals surface area contributed by atoms with Gasteiger partial charge in [-0.2, -0.15) is 0 Å². The van der Waals surface area contributed by atoms with E-state index < -0.39 is 0 Å². The zero-order chi connectivity index (χ0) is 14.1. The first kappa shape index (κ1) is 15.8. The summed E-state index contributed by atoms with van der Waals surface area (Å²) in [6.07, 6.45) is 3.58. The maximum atomic E-state index is 12.0. The van der Waals surface area contributed by atoms with Crippen LogP contribution >= 0.6 is 0 Å². The number of guanidine groups is 1. The maximum absolute atomic E-state index is 12.0. The lowest BCUT2D eigenvalue weighted by molar-refractivity contribution is -0.459. The number of unbranched alkanes of at least 4 members (excludes halogenated alkanes) is 2. The maximum Gasteiger partial charge on any atom is 0.338 e. The predicted molar refractivity (Wildman–Crippen MR) is 76.1 cm³/mol. The van der Waals surface area contributed by atoms with Crippen LogP contribution in [-0.4, -0.2) is 60.9 Å². The van der Waals surface area contributed by atoms with E-state index in [1.54, 1.807) is 0 Å². The van der Waals surface area contributed by atoms with Crippen LogP contribution in [0.15, 0.2) is 0 Å². The van der Waals surface area contributed by atoms with Crippen LogP contribution in [0, 0.1) is 6.92 Å². The lowest BCUT2D eigenvalue weighted by atomic mass is 10.1. The highest BCUT2D eigenvalue weighted by Gasteiger charge is 2.18. The lowest BCUT2D eigenvalue weighted by Crippen LogP contribution is -2.78. The third-order valence-electron chi connectivity index (χ3n) is 3.44. The van der Waals surface area contributed by atoms with Gasteiger partial charge < -0.3 is 16.7 Å². The zero-order valence-electron chi connectivity index (χ0n) is 11.7. The molecule has 1 fully saturated rings. The van der Waals surface area contributed by atoms with E-state index in [1.807, 2.05) is 4.90 Å². The summed E-state index contributed by atoms with van der Waals surface area (Å²) in [7, 11) is 0. The van der Waals surface area contributed by atoms with Gasteiger partial charge in [-0.3, -0.25) is 21.3 Å². The molecule has 1 heterocycles. The summed E-state index contributed by atoms with van der Waals surface area (Å²) in [6, 6.07) is 0. The predicted octanol–water partition coefficient (Wildman–Crippen LogP) is -2.12. The molecule has 0 aromatic heterocycles. The monoisotopic (exact) mass is 269 g/mol. The van der Waals surface area contributed by atoms with Crippen molar-refractivity contribution in [1.82, 2.24) is 9.80 Å². The van der Waals surface area contributed by atoms with E-state index in [9.17, 15) is 4.79 Å². The van der Waals surface area contributed by atoms with Crippen LogP contribution in [-0.2, 0) is 4.79 Å². The minimum atomic E-state index is 0.263. The highest BCUT2D eigenvalue weighted by atomic mass is 16.2. The fourth-order valence-corrected chi connectivity index (χ4v) is 2.19. The van der Waals surface area contributed by atoms with Crippen molar-refractivity contribution in [2.24, 2.45) is 11.5 Å². The Morgan fingerprint density at radius 2 is 1.79 bits per heavy atom. The molecule has 1 saturated heterocycles. The van der Waals surface area contributed by atoms with Gasteiger partial charge in [0.05, 0.1) is 6.54 Å². The molecule has 6 heteroatoms. The molecule has 0 radical (unpaired) electrons. The number of carbonyl (C=O) groups is 1. The summed E-state index contributed by atoms with van der Waals surface area (Å²) in [5.74, 6) is 0.543. The van der Waals surface area contributed by atoms with Crippen molar-refractivity contribution in [3.05, 3.63) is 6.92 Å². The number of nitrogens with two attached hydrogens (primary N) is 2. The lowest BCUT2D eigenvalue weighted by Gasteiger charge is -2.35. The number of hydrogen-bond donors (Lipinski definition) is 3. The Balaban J connectivity index is 2.07. The Kier molecular flexibility index (Phi) is 7.25. The number of carbonyl (C=O) groups excluding carboxylic acids is 1. The SMILES string of the molecule is [CH2-]CN1CCN(C(=O)CCCCC[NH+]=C(N)N)CC1. The van der Waals surface area contributed by atoms with Crippen molar-refractivity contribution in [3.63, 3.8) is 0 Å². The van der Waals surface area contributed by atoms with E-state index in [1.165, 1.54) is 0 Å². The van der Waals surface area contributed by atoms with Gasteiger partial charge in [-0.25, -0.2) is 0 Å². The van der Waals surface area contributed by atoms with Crippen LogP contribution in [0.3, 0.4) is 0 Å². The van der Waals surface area contributed by atoms with Gasteiger partial charge in [0.2, 0.25) is 5.91 Å².